The van der Waals surface area contributed by atoms with Crippen LogP contribution in [0.3, 0.4) is 0 Å². The van der Waals surface area contributed by atoms with Crippen LogP contribution in [0.15, 0.2) is 54.9 Å². The third-order valence-electron chi connectivity index (χ3n) is 4.69. The smallest absolute Gasteiger partial charge is 0.277 e. The summed E-state index contributed by atoms with van der Waals surface area (Å²) in [6.07, 6.45) is 3.22. The van der Waals surface area contributed by atoms with Gasteiger partial charge >= 0.3 is 0 Å². The van der Waals surface area contributed by atoms with E-state index in [0.29, 0.717) is 32.9 Å². The summed E-state index contributed by atoms with van der Waals surface area (Å²) in [5.74, 6) is 0.420. The number of anilines is 1. The molecule has 0 radical (unpaired) electrons. The minimum Gasteiger partial charge on any atom is -0.471 e. The van der Waals surface area contributed by atoms with Gasteiger partial charge in [0.2, 0.25) is 0 Å². The van der Waals surface area contributed by atoms with Gasteiger partial charge in [-0.3, -0.25) is 9.48 Å². The van der Waals surface area contributed by atoms with Gasteiger partial charge in [-0.1, -0.05) is 52.5 Å². The number of halogens is 4. The Labute approximate surface area is 209 Å². The molecule has 2 heterocycles. The summed E-state index contributed by atoms with van der Waals surface area (Å²) in [4.78, 5) is 12.6. The van der Waals surface area contributed by atoms with Gasteiger partial charge in [-0.2, -0.15) is 10.2 Å². The van der Waals surface area contributed by atoms with Crippen molar-refractivity contribution >= 4 is 58.1 Å². The van der Waals surface area contributed by atoms with E-state index in [1.807, 2.05) is 6.92 Å². The summed E-state index contributed by atoms with van der Waals surface area (Å²) < 4.78 is 8.79. The standard InChI is InChI=1S/C22H17Cl4N5O2/c1-13-9-14(23)5-6-20(13)33-12-30-8-7-19(28-30)22(32)27-21-18(26)11-31(29-21)10-15-16(24)3-2-4-17(15)25/h2-9,11H,10,12H2,1H3,(H,27,29,32). The third-order valence-corrected chi connectivity index (χ3v) is 5.91. The maximum Gasteiger partial charge on any atom is 0.277 e. The maximum atomic E-state index is 12.6. The van der Waals surface area contributed by atoms with E-state index in [0.717, 1.165) is 5.56 Å². The Morgan fingerprint density at radius 3 is 2.48 bits per heavy atom. The number of rotatable bonds is 7. The van der Waals surface area contributed by atoms with Gasteiger partial charge in [-0.25, -0.2) is 4.68 Å². The molecule has 4 rings (SSSR count). The fourth-order valence-electron chi connectivity index (χ4n) is 3.04. The molecule has 0 aliphatic heterocycles. The average Bonchev–Trinajstić information content (AvgIpc) is 3.37. The highest BCUT2D eigenvalue weighted by Gasteiger charge is 2.16. The second-order valence-electron chi connectivity index (χ2n) is 7.10. The first-order chi connectivity index (χ1) is 15.8. The minimum absolute atomic E-state index is 0.129. The van der Waals surface area contributed by atoms with E-state index in [9.17, 15) is 4.79 Å². The average molecular weight is 525 g/mol. The van der Waals surface area contributed by atoms with Crippen LogP contribution in [-0.2, 0) is 13.3 Å². The summed E-state index contributed by atoms with van der Waals surface area (Å²) in [6, 6.07) is 12.1. The molecule has 33 heavy (non-hydrogen) atoms. The molecule has 2 aromatic heterocycles. The van der Waals surface area contributed by atoms with E-state index in [2.05, 4.69) is 15.5 Å². The second-order valence-corrected chi connectivity index (χ2v) is 8.76. The first-order valence-electron chi connectivity index (χ1n) is 9.70. The lowest BCUT2D eigenvalue weighted by atomic mass is 10.2. The summed E-state index contributed by atoms with van der Waals surface area (Å²) in [6.45, 7) is 2.32. The quantitative estimate of drug-likeness (QED) is 0.306. The number of ether oxygens (including phenoxy) is 1. The Hall–Kier alpha value is -2.71. The molecule has 0 atom stereocenters. The lowest BCUT2D eigenvalue weighted by molar-refractivity contribution is 0.101. The van der Waals surface area contributed by atoms with Crippen LogP contribution in [0.25, 0.3) is 0 Å². The lowest BCUT2D eigenvalue weighted by Gasteiger charge is -2.09. The van der Waals surface area contributed by atoms with Gasteiger partial charge in [0.25, 0.3) is 5.91 Å². The Kier molecular flexibility index (Phi) is 7.14. The largest absolute Gasteiger partial charge is 0.471 e. The molecule has 0 fully saturated rings. The molecule has 1 N–H and O–H groups in total. The number of hydrogen-bond acceptors (Lipinski definition) is 4. The molecule has 0 bridgehead atoms. The van der Waals surface area contributed by atoms with E-state index in [1.165, 1.54) is 4.68 Å². The van der Waals surface area contributed by atoms with Crippen LogP contribution in [0.4, 0.5) is 5.82 Å². The fraction of sp³-hybridized carbons (Fsp3) is 0.136. The van der Waals surface area contributed by atoms with Crippen molar-refractivity contribution in [3.8, 4) is 5.75 Å². The van der Waals surface area contributed by atoms with Crippen molar-refractivity contribution in [2.75, 3.05) is 5.32 Å². The lowest BCUT2D eigenvalue weighted by Crippen LogP contribution is -2.15. The molecular formula is C22H17Cl4N5O2. The molecule has 0 aliphatic rings. The highest BCUT2D eigenvalue weighted by Crippen LogP contribution is 2.27. The van der Waals surface area contributed by atoms with Crippen molar-refractivity contribution < 1.29 is 9.53 Å². The fourth-order valence-corrected chi connectivity index (χ4v) is 3.99. The van der Waals surface area contributed by atoms with E-state index in [-0.39, 0.29) is 23.3 Å². The number of benzene rings is 2. The highest BCUT2D eigenvalue weighted by atomic mass is 35.5. The van der Waals surface area contributed by atoms with E-state index in [4.69, 9.17) is 51.1 Å². The summed E-state index contributed by atoms with van der Waals surface area (Å²) in [5, 5.41) is 13.2. The van der Waals surface area contributed by atoms with E-state index < -0.39 is 5.91 Å². The number of nitrogens with zero attached hydrogens (tertiary/aromatic N) is 4. The Balaban J connectivity index is 1.40. The third kappa shape index (κ3) is 5.62. The van der Waals surface area contributed by atoms with Crippen LogP contribution in [-0.4, -0.2) is 25.5 Å². The van der Waals surface area contributed by atoms with Crippen LogP contribution in [0.5, 0.6) is 5.75 Å². The van der Waals surface area contributed by atoms with Crippen LogP contribution in [0.2, 0.25) is 20.1 Å². The number of carbonyl (C=O) groups is 1. The van der Waals surface area contributed by atoms with E-state index >= 15 is 0 Å². The second kappa shape index (κ2) is 10.1. The zero-order valence-electron chi connectivity index (χ0n) is 17.2. The van der Waals surface area contributed by atoms with Crippen molar-refractivity contribution in [3.63, 3.8) is 0 Å². The van der Waals surface area contributed by atoms with Gasteiger partial charge in [0.1, 0.15) is 10.8 Å². The zero-order valence-corrected chi connectivity index (χ0v) is 20.3. The summed E-state index contributed by atoms with van der Waals surface area (Å²) in [7, 11) is 0. The van der Waals surface area contributed by atoms with Gasteiger partial charge < -0.3 is 10.1 Å². The number of aryl methyl sites for hydroxylation is 1. The maximum absolute atomic E-state index is 12.6. The summed E-state index contributed by atoms with van der Waals surface area (Å²) >= 11 is 24.6. The van der Waals surface area contributed by atoms with Gasteiger partial charge in [0, 0.05) is 33.0 Å². The highest BCUT2D eigenvalue weighted by molar-refractivity contribution is 6.36. The molecular weight excluding hydrogens is 508 g/mol. The molecule has 0 aliphatic carbocycles. The molecule has 0 saturated heterocycles. The van der Waals surface area contributed by atoms with Gasteiger partial charge in [-0.05, 0) is 48.9 Å². The number of hydrogen-bond donors (Lipinski definition) is 1. The van der Waals surface area contributed by atoms with Crippen LogP contribution in [0, 0.1) is 6.92 Å². The van der Waals surface area contributed by atoms with Crippen molar-refractivity contribution in [1.82, 2.24) is 19.6 Å². The normalized spacial score (nSPS) is 10.9. The topological polar surface area (TPSA) is 74.0 Å². The summed E-state index contributed by atoms with van der Waals surface area (Å²) in [5.41, 5.74) is 1.79. The molecule has 7 nitrogen and oxygen atoms in total. The predicted octanol–water partition coefficient (Wildman–Crippen LogP) is 6.34. The molecule has 170 valence electrons. The first-order valence-corrected chi connectivity index (χ1v) is 11.2. The molecule has 1 amide bonds. The Bertz CT molecular complexity index is 1300. The Morgan fingerprint density at radius 2 is 1.76 bits per heavy atom. The number of carbonyl (C=O) groups excluding carboxylic acids is 1. The van der Waals surface area contributed by atoms with Gasteiger partial charge in [0.05, 0.1) is 6.54 Å². The predicted molar refractivity (Wildman–Crippen MR) is 130 cm³/mol. The Morgan fingerprint density at radius 1 is 1.00 bits per heavy atom. The van der Waals surface area contributed by atoms with Crippen LogP contribution >= 0.6 is 46.4 Å². The van der Waals surface area contributed by atoms with Crippen molar-refractivity contribution in [2.45, 2.75) is 20.2 Å². The number of aromatic nitrogens is 4. The number of nitrogens with one attached hydrogen (secondary N) is 1. The molecule has 0 spiro atoms. The first kappa shape index (κ1) is 23.4. The van der Waals surface area contributed by atoms with Crippen molar-refractivity contribution in [1.29, 1.82) is 0 Å². The van der Waals surface area contributed by atoms with Gasteiger partial charge in [-0.15, -0.1) is 0 Å². The van der Waals surface area contributed by atoms with E-state index in [1.54, 1.807) is 59.5 Å². The zero-order chi connectivity index (χ0) is 23.5. The SMILES string of the molecule is Cc1cc(Cl)ccc1OCn1ccc(C(=O)Nc2nn(Cc3c(Cl)cccc3Cl)cc2Cl)n1. The number of amides is 1. The molecule has 2 aromatic carbocycles. The van der Waals surface area contributed by atoms with Crippen LogP contribution in [0.1, 0.15) is 21.6 Å². The monoisotopic (exact) mass is 523 g/mol. The molecule has 11 heteroatoms. The molecule has 0 saturated carbocycles. The minimum atomic E-state index is -0.459. The van der Waals surface area contributed by atoms with Crippen molar-refractivity contribution in [3.05, 3.63) is 91.8 Å². The van der Waals surface area contributed by atoms with Crippen molar-refractivity contribution in [2.24, 2.45) is 0 Å². The van der Waals surface area contributed by atoms with Crippen LogP contribution < -0.4 is 10.1 Å². The molecule has 4 aromatic rings. The van der Waals surface area contributed by atoms with Gasteiger partial charge in [0.15, 0.2) is 18.2 Å². The molecule has 0 unspecified atom stereocenters.